The molecule has 47 heavy (non-hydrogen) atoms. The van der Waals surface area contributed by atoms with Gasteiger partial charge in [-0.25, -0.2) is 9.59 Å². The van der Waals surface area contributed by atoms with Crippen LogP contribution in [-0.2, 0) is 30.3 Å². The molecule has 0 aromatic heterocycles. The number of carbonyl (C=O) groups excluding carboxylic acids is 4. The molecule has 3 unspecified atom stereocenters. The highest BCUT2D eigenvalue weighted by Gasteiger charge is 2.39. The number of nitrogens with zero attached hydrogens (tertiary/aromatic N) is 1. The molecule has 0 saturated heterocycles. The first-order valence-corrected chi connectivity index (χ1v) is 16.8. The van der Waals surface area contributed by atoms with Crippen molar-refractivity contribution in [3.05, 3.63) is 70.8 Å². The summed E-state index contributed by atoms with van der Waals surface area (Å²) < 4.78 is 11.3. The van der Waals surface area contributed by atoms with E-state index in [-0.39, 0.29) is 18.9 Å². The quantitative estimate of drug-likeness (QED) is 0.213. The number of aryl methyl sites for hydroxylation is 2. The van der Waals surface area contributed by atoms with Crippen molar-refractivity contribution in [2.45, 2.75) is 131 Å². The first-order chi connectivity index (χ1) is 21.8. The molecule has 260 valence electrons. The Hall–Kier alpha value is -3.88. The minimum Gasteiger partial charge on any atom is -0.458 e. The Balaban J connectivity index is 2.66. The minimum absolute atomic E-state index is 0.0577. The lowest BCUT2D eigenvalue weighted by Gasteiger charge is -2.36. The second-order valence-electron chi connectivity index (χ2n) is 14.8. The van der Waals surface area contributed by atoms with E-state index >= 15 is 0 Å². The van der Waals surface area contributed by atoms with Gasteiger partial charge in [0, 0.05) is 13.0 Å². The molecule has 0 saturated carbocycles. The zero-order chi connectivity index (χ0) is 35.5. The summed E-state index contributed by atoms with van der Waals surface area (Å²) >= 11 is 0. The number of esters is 1. The molecule has 2 aromatic rings. The van der Waals surface area contributed by atoms with Gasteiger partial charge >= 0.3 is 12.1 Å². The van der Waals surface area contributed by atoms with Crippen LogP contribution in [0, 0.1) is 19.8 Å². The van der Waals surface area contributed by atoms with Crippen LogP contribution in [0.4, 0.5) is 4.79 Å². The van der Waals surface area contributed by atoms with E-state index in [1.165, 1.54) is 0 Å². The summed E-state index contributed by atoms with van der Waals surface area (Å²) in [6, 6.07) is 12.2. The number of benzene rings is 2. The highest BCUT2D eigenvalue weighted by molar-refractivity contribution is 5.94. The number of unbranched alkanes of at least 4 members (excludes halogenated alkanes) is 1. The molecular weight excluding hydrogens is 594 g/mol. The lowest BCUT2D eigenvalue weighted by Crippen LogP contribution is -2.55. The lowest BCUT2D eigenvalue weighted by atomic mass is 9.94. The molecule has 0 aliphatic rings. The monoisotopic (exact) mass is 651 g/mol. The number of rotatable bonds is 14. The SMILES string of the molecule is CCCCN(C(=O)C(CC(C)C)NC(=O)OC(C)(C)C)C(C(=O)NC(Cc1ccccc1)C(=O)OC(C)(C)C)c1cc(C)ccc1C. The Kier molecular flexibility index (Phi) is 14.5. The number of ether oxygens (including phenoxy) is 2. The first-order valence-electron chi connectivity index (χ1n) is 16.8. The van der Waals surface area contributed by atoms with Crippen molar-refractivity contribution in [2.75, 3.05) is 6.54 Å². The Labute approximate surface area is 282 Å². The third kappa shape index (κ3) is 13.4. The van der Waals surface area contributed by atoms with Crippen LogP contribution in [0.3, 0.4) is 0 Å². The van der Waals surface area contributed by atoms with Crippen LogP contribution in [0.5, 0.6) is 0 Å². The highest BCUT2D eigenvalue weighted by Crippen LogP contribution is 2.28. The summed E-state index contributed by atoms with van der Waals surface area (Å²) in [4.78, 5) is 57.2. The van der Waals surface area contributed by atoms with Gasteiger partial charge < -0.3 is 25.0 Å². The van der Waals surface area contributed by atoms with Crippen molar-refractivity contribution >= 4 is 23.9 Å². The predicted octanol–water partition coefficient (Wildman–Crippen LogP) is 6.98. The fourth-order valence-electron chi connectivity index (χ4n) is 5.21. The number of amides is 3. The normalized spacial score (nSPS) is 13.7. The van der Waals surface area contributed by atoms with Crippen molar-refractivity contribution < 1.29 is 28.7 Å². The van der Waals surface area contributed by atoms with E-state index in [1.807, 2.05) is 83.1 Å². The van der Waals surface area contributed by atoms with Crippen LogP contribution in [0.15, 0.2) is 48.5 Å². The van der Waals surface area contributed by atoms with E-state index < -0.39 is 53.2 Å². The largest absolute Gasteiger partial charge is 0.458 e. The Bertz CT molecular complexity index is 1340. The van der Waals surface area contributed by atoms with Crippen molar-refractivity contribution in [3.8, 4) is 0 Å². The minimum atomic E-state index is -1.08. The van der Waals surface area contributed by atoms with E-state index in [4.69, 9.17) is 9.47 Å². The molecule has 0 spiro atoms. The molecule has 0 radical (unpaired) electrons. The van der Waals surface area contributed by atoms with E-state index in [2.05, 4.69) is 10.6 Å². The number of hydrogen-bond donors (Lipinski definition) is 2. The number of carbonyl (C=O) groups is 4. The molecule has 0 aliphatic carbocycles. The smallest absolute Gasteiger partial charge is 0.408 e. The van der Waals surface area contributed by atoms with Gasteiger partial charge in [0.05, 0.1) is 0 Å². The molecule has 2 N–H and O–H groups in total. The first kappa shape index (κ1) is 39.3. The lowest BCUT2D eigenvalue weighted by molar-refractivity contribution is -0.159. The average molecular weight is 652 g/mol. The summed E-state index contributed by atoms with van der Waals surface area (Å²) in [6.07, 6.45) is 1.25. The molecule has 0 bridgehead atoms. The van der Waals surface area contributed by atoms with Crippen LogP contribution in [-0.4, -0.2) is 58.6 Å². The average Bonchev–Trinajstić information content (AvgIpc) is 2.94. The zero-order valence-electron chi connectivity index (χ0n) is 30.4. The van der Waals surface area contributed by atoms with Crippen LogP contribution in [0.25, 0.3) is 0 Å². The Morgan fingerprint density at radius 2 is 1.45 bits per heavy atom. The number of hydrogen-bond acceptors (Lipinski definition) is 6. The van der Waals surface area contributed by atoms with E-state index in [1.54, 1.807) is 46.4 Å². The third-order valence-corrected chi connectivity index (χ3v) is 7.31. The van der Waals surface area contributed by atoms with Crippen LogP contribution >= 0.6 is 0 Å². The molecule has 2 rings (SSSR count). The Morgan fingerprint density at radius 1 is 0.830 bits per heavy atom. The fraction of sp³-hybridized carbons (Fsp3) is 0.579. The van der Waals surface area contributed by atoms with Gasteiger partial charge in [0.25, 0.3) is 0 Å². The van der Waals surface area contributed by atoms with Crippen molar-refractivity contribution in [1.82, 2.24) is 15.5 Å². The summed E-state index contributed by atoms with van der Waals surface area (Å²) in [7, 11) is 0. The second kappa shape index (κ2) is 17.3. The maximum atomic E-state index is 14.6. The van der Waals surface area contributed by atoms with E-state index in [0.717, 1.165) is 23.1 Å². The second-order valence-corrected chi connectivity index (χ2v) is 14.8. The molecule has 9 nitrogen and oxygen atoms in total. The van der Waals surface area contributed by atoms with Gasteiger partial charge in [0.2, 0.25) is 11.8 Å². The molecule has 2 aromatic carbocycles. The van der Waals surface area contributed by atoms with E-state index in [0.29, 0.717) is 18.4 Å². The van der Waals surface area contributed by atoms with Crippen LogP contribution in [0.2, 0.25) is 0 Å². The molecule has 0 heterocycles. The maximum Gasteiger partial charge on any atom is 0.408 e. The Morgan fingerprint density at radius 3 is 2.00 bits per heavy atom. The molecule has 3 atom stereocenters. The van der Waals surface area contributed by atoms with E-state index in [9.17, 15) is 19.2 Å². The van der Waals surface area contributed by atoms with Gasteiger partial charge in [-0.15, -0.1) is 0 Å². The number of nitrogens with one attached hydrogen (secondary N) is 2. The molecule has 9 heteroatoms. The topological polar surface area (TPSA) is 114 Å². The molecule has 3 amide bonds. The van der Waals surface area contributed by atoms with Crippen molar-refractivity contribution in [1.29, 1.82) is 0 Å². The summed E-state index contributed by atoms with van der Waals surface area (Å²) in [6.45, 7) is 20.7. The van der Waals surface area contributed by atoms with Crippen LogP contribution in [0.1, 0.15) is 110 Å². The highest BCUT2D eigenvalue weighted by atomic mass is 16.6. The number of alkyl carbamates (subject to hydrolysis) is 1. The molecule has 0 aliphatic heterocycles. The van der Waals surface area contributed by atoms with Gasteiger partial charge in [0.1, 0.15) is 29.3 Å². The molecule has 0 fully saturated rings. The fourth-order valence-corrected chi connectivity index (χ4v) is 5.21. The van der Waals surface area contributed by atoms with Crippen LogP contribution < -0.4 is 10.6 Å². The molecular formula is C38H57N3O6. The van der Waals surface area contributed by atoms with Gasteiger partial charge in [0.15, 0.2) is 0 Å². The summed E-state index contributed by atoms with van der Waals surface area (Å²) in [5.74, 6) is -1.40. The third-order valence-electron chi connectivity index (χ3n) is 7.31. The predicted molar refractivity (Wildman–Crippen MR) is 186 cm³/mol. The maximum absolute atomic E-state index is 14.6. The van der Waals surface area contributed by atoms with Gasteiger partial charge in [-0.05, 0) is 90.8 Å². The van der Waals surface area contributed by atoms with Crippen molar-refractivity contribution in [3.63, 3.8) is 0 Å². The van der Waals surface area contributed by atoms with Gasteiger partial charge in [-0.2, -0.15) is 0 Å². The zero-order valence-corrected chi connectivity index (χ0v) is 30.4. The van der Waals surface area contributed by atoms with Gasteiger partial charge in [-0.3, -0.25) is 9.59 Å². The van der Waals surface area contributed by atoms with Crippen molar-refractivity contribution in [2.24, 2.45) is 5.92 Å². The van der Waals surface area contributed by atoms with Gasteiger partial charge in [-0.1, -0.05) is 81.3 Å². The summed E-state index contributed by atoms with van der Waals surface area (Å²) in [5, 5.41) is 5.77. The summed E-state index contributed by atoms with van der Waals surface area (Å²) in [5.41, 5.74) is 1.71. The standard InChI is InChI=1S/C38H57N3O6/c1-12-13-21-41(34(43)30(22-25(2)3)40-36(45)47-38(9,10)11)32(29-23-26(4)19-20-27(29)5)33(42)39-31(35(44)46-37(6,7)8)24-28-17-15-14-16-18-28/h14-20,23,25,30-32H,12-13,21-22,24H2,1-11H3,(H,39,42)(H,40,45).